The topological polar surface area (TPSA) is 46.5 Å². The number of benzene rings is 1. The van der Waals surface area contributed by atoms with Gasteiger partial charge in [-0.1, -0.05) is 31.9 Å². The zero-order chi connectivity index (χ0) is 13.4. The first-order valence-electron chi connectivity index (χ1n) is 6.59. The van der Waals surface area contributed by atoms with Crippen LogP contribution < -0.4 is 4.74 Å². The molecule has 100 valence electrons. The fraction of sp³-hybridized carbons (Fsp3) is 0.533. The third kappa shape index (κ3) is 5.71. The maximum Gasteiger partial charge on any atom is 0.307 e. The van der Waals surface area contributed by atoms with Crippen molar-refractivity contribution in [2.24, 2.45) is 0 Å². The zero-order valence-corrected chi connectivity index (χ0v) is 11.2. The Hall–Kier alpha value is -1.51. The number of hydrogen-bond donors (Lipinski definition) is 1. The van der Waals surface area contributed by atoms with Crippen molar-refractivity contribution in [1.82, 2.24) is 0 Å². The molecule has 0 aromatic heterocycles. The summed E-state index contributed by atoms with van der Waals surface area (Å²) in [5.41, 5.74) is 0.800. The highest BCUT2D eigenvalue weighted by Crippen LogP contribution is 2.16. The number of rotatable bonds is 8. The summed E-state index contributed by atoms with van der Waals surface area (Å²) in [7, 11) is 0. The minimum Gasteiger partial charge on any atom is -0.491 e. The van der Waals surface area contributed by atoms with Crippen LogP contribution in [0.25, 0.3) is 0 Å². The Labute approximate surface area is 109 Å². The van der Waals surface area contributed by atoms with Gasteiger partial charge < -0.3 is 9.84 Å². The summed E-state index contributed by atoms with van der Waals surface area (Å²) in [5.74, 6) is 0.00439. The normalized spacial score (nSPS) is 12.1. The van der Waals surface area contributed by atoms with Gasteiger partial charge >= 0.3 is 5.97 Å². The van der Waals surface area contributed by atoms with E-state index in [0.717, 1.165) is 17.7 Å². The molecule has 0 spiro atoms. The second kappa shape index (κ2) is 7.75. The first kappa shape index (κ1) is 14.6. The van der Waals surface area contributed by atoms with Crippen LogP contribution in [0.15, 0.2) is 24.3 Å². The first-order valence-corrected chi connectivity index (χ1v) is 6.59. The molecular formula is C15H22O3. The van der Waals surface area contributed by atoms with Gasteiger partial charge in [-0.05, 0) is 37.5 Å². The number of unbranched alkanes of at least 4 members (excludes halogenated alkanes) is 2. The van der Waals surface area contributed by atoms with E-state index in [2.05, 4.69) is 13.8 Å². The second-order valence-corrected chi connectivity index (χ2v) is 4.64. The lowest BCUT2D eigenvalue weighted by Crippen LogP contribution is -2.11. The van der Waals surface area contributed by atoms with Crippen molar-refractivity contribution in [3.63, 3.8) is 0 Å². The fourth-order valence-corrected chi connectivity index (χ4v) is 1.83. The van der Waals surface area contributed by atoms with E-state index in [1.165, 1.54) is 19.3 Å². The summed E-state index contributed by atoms with van der Waals surface area (Å²) >= 11 is 0. The van der Waals surface area contributed by atoms with Crippen molar-refractivity contribution >= 4 is 5.97 Å². The third-order valence-electron chi connectivity index (χ3n) is 2.83. The monoisotopic (exact) mass is 250 g/mol. The molecular weight excluding hydrogens is 228 g/mol. The number of ether oxygens (including phenoxy) is 1. The summed E-state index contributed by atoms with van der Waals surface area (Å²) in [6, 6.07) is 7.30. The van der Waals surface area contributed by atoms with Crippen molar-refractivity contribution in [3.8, 4) is 5.75 Å². The number of aliphatic carboxylic acids is 1. The van der Waals surface area contributed by atoms with Crippen molar-refractivity contribution in [2.75, 3.05) is 0 Å². The molecule has 0 aliphatic rings. The van der Waals surface area contributed by atoms with Crippen LogP contribution in [-0.2, 0) is 11.2 Å². The molecule has 1 unspecified atom stereocenters. The van der Waals surface area contributed by atoms with Crippen molar-refractivity contribution in [3.05, 3.63) is 29.8 Å². The molecule has 0 bridgehead atoms. The molecule has 0 aliphatic heterocycles. The SMILES string of the molecule is CCCCCC(C)Oc1ccc(CC(=O)O)cc1. The lowest BCUT2D eigenvalue weighted by Gasteiger charge is -2.14. The Balaban J connectivity index is 2.40. The van der Waals surface area contributed by atoms with Gasteiger partial charge in [-0.2, -0.15) is 0 Å². The van der Waals surface area contributed by atoms with Crippen molar-refractivity contribution in [2.45, 2.75) is 52.1 Å². The number of carboxylic acids is 1. The smallest absolute Gasteiger partial charge is 0.307 e. The van der Waals surface area contributed by atoms with Crippen LogP contribution in [0.1, 0.15) is 45.1 Å². The second-order valence-electron chi connectivity index (χ2n) is 4.64. The van der Waals surface area contributed by atoms with Crippen LogP contribution in [0.5, 0.6) is 5.75 Å². The summed E-state index contributed by atoms with van der Waals surface area (Å²) in [6.07, 6.45) is 4.98. The molecule has 1 aromatic rings. The Kier molecular flexibility index (Phi) is 6.26. The van der Waals surface area contributed by atoms with Crippen molar-refractivity contribution in [1.29, 1.82) is 0 Å². The number of carboxylic acid groups (broad SMARTS) is 1. The molecule has 3 heteroatoms. The van der Waals surface area contributed by atoms with Gasteiger partial charge in [0, 0.05) is 0 Å². The molecule has 0 aliphatic carbocycles. The highest BCUT2D eigenvalue weighted by Gasteiger charge is 2.05. The average Bonchev–Trinajstić information content (AvgIpc) is 2.31. The Bertz CT molecular complexity index is 357. The molecule has 0 fully saturated rings. The molecule has 1 rings (SSSR count). The molecule has 0 radical (unpaired) electrons. The summed E-state index contributed by atoms with van der Waals surface area (Å²) in [6.45, 7) is 4.26. The van der Waals surface area contributed by atoms with Crippen LogP contribution in [0.2, 0.25) is 0 Å². The predicted octanol–water partition coefficient (Wildman–Crippen LogP) is 3.66. The van der Waals surface area contributed by atoms with E-state index >= 15 is 0 Å². The van der Waals surface area contributed by atoms with Gasteiger partial charge in [0.1, 0.15) is 5.75 Å². The van der Waals surface area contributed by atoms with Crippen molar-refractivity contribution < 1.29 is 14.6 Å². The van der Waals surface area contributed by atoms with Crippen LogP contribution in [-0.4, -0.2) is 17.2 Å². The molecule has 18 heavy (non-hydrogen) atoms. The Morgan fingerprint density at radius 2 is 1.94 bits per heavy atom. The molecule has 1 aromatic carbocycles. The van der Waals surface area contributed by atoms with Gasteiger partial charge in [-0.15, -0.1) is 0 Å². The molecule has 0 heterocycles. The van der Waals surface area contributed by atoms with Gasteiger partial charge in [0.15, 0.2) is 0 Å². The first-order chi connectivity index (χ1) is 8.61. The molecule has 0 saturated carbocycles. The van der Waals surface area contributed by atoms with E-state index in [1.54, 1.807) is 0 Å². The highest BCUT2D eigenvalue weighted by atomic mass is 16.5. The predicted molar refractivity (Wildman–Crippen MR) is 72.0 cm³/mol. The lowest BCUT2D eigenvalue weighted by molar-refractivity contribution is -0.136. The maximum atomic E-state index is 10.5. The zero-order valence-electron chi connectivity index (χ0n) is 11.2. The number of carbonyl (C=O) groups is 1. The van der Waals surface area contributed by atoms with Crippen LogP contribution >= 0.6 is 0 Å². The van der Waals surface area contributed by atoms with Gasteiger partial charge in [-0.3, -0.25) is 4.79 Å². The molecule has 1 atom stereocenters. The van der Waals surface area contributed by atoms with Crippen LogP contribution in [0.4, 0.5) is 0 Å². The van der Waals surface area contributed by atoms with Gasteiger partial charge in [-0.25, -0.2) is 0 Å². The van der Waals surface area contributed by atoms with Crippen LogP contribution in [0, 0.1) is 0 Å². The quantitative estimate of drug-likeness (QED) is 0.716. The third-order valence-corrected chi connectivity index (χ3v) is 2.83. The molecule has 0 amide bonds. The van der Waals surface area contributed by atoms with Gasteiger partial charge in [0.05, 0.1) is 12.5 Å². The van der Waals surface area contributed by atoms with E-state index in [9.17, 15) is 4.79 Å². The highest BCUT2D eigenvalue weighted by molar-refractivity contribution is 5.70. The largest absolute Gasteiger partial charge is 0.491 e. The minimum absolute atomic E-state index is 0.0618. The molecule has 1 N–H and O–H groups in total. The van der Waals surface area contributed by atoms with Gasteiger partial charge in [0.2, 0.25) is 0 Å². The van der Waals surface area contributed by atoms with E-state index < -0.39 is 5.97 Å². The Morgan fingerprint density at radius 1 is 1.28 bits per heavy atom. The van der Waals surface area contributed by atoms with E-state index in [0.29, 0.717) is 0 Å². The van der Waals surface area contributed by atoms with Crippen LogP contribution in [0.3, 0.4) is 0 Å². The molecule has 0 saturated heterocycles. The summed E-state index contributed by atoms with van der Waals surface area (Å²) in [4.78, 5) is 10.5. The van der Waals surface area contributed by atoms with E-state index in [1.807, 2.05) is 24.3 Å². The minimum atomic E-state index is -0.809. The lowest BCUT2D eigenvalue weighted by atomic mass is 10.1. The molecule has 3 nitrogen and oxygen atoms in total. The summed E-state index contributed by atoms with van der Waals surface area (Å²) in [5, 5.41) is 8.67. The fourth-order valence-electron chi connectivity index (χ4n) is 1.83. The van der Waals surface area contributed by atoms with E-state index in [4.69, 9.17) is 9.84 Å². The standard InChI is InChI=1S/C15H22O3/c1-3-4-5-6-12(2)18-14-9-7-13(8-10-14)11-15(16)17/h7-10,12H,3-6,11H2,1-2H3,(H,16,17). The average molecular weight is 250 g/mol. The van der Waals surface area contributed by atoms with E-state index in [-0.39, 0.29) is 12.5 Å². The Morgan fingerprint density at radius 3 is 2.50 bits per heavy atom. The summed E-state index contributed by atoms with van der Waals surface area (Å²) < 4.78 is 5.77. The van der Waals surface area contributed by atoms with Gasteiger partial charge in [0.25, 0.3) is 0 Å². The number of hydrogen-bond acceptors (Lipinski definition) is 2. The maximum absolute atomic E-state index is 10.5.